The van der Waals surface area contributed by atoms with Crippen LogP contribution in [0.25, 0.3) is 0 Å². The number of rotatable bonds is 7. The molecule has 2 unspecified atom stereocenters. The lowest BCUT2D eigenvalue weighted by Crippen LogP contribution is -2.40. The lowest BCUT2D eigenvalue weighted by Gasteiger charge is -2.16. The van der Waals surface area contributed by atoms with Crippen LogP contribution < -0.4 is 15.4 Å². The molecule has 21 heavy (non-hydrogen) atoms. The minimum atomic E-state index is -0.567. The van der Waals surface area contributed by atoms with Crippen LogP contribution in [0, 0.1) is 13.8 Å². The van der Waals surface area contributed by atoms with Crippen molar-refractivity contribution >= 4 is 5.91 Å². The first-order valence-electron chi connectivity index (χ1n) is 7.42. The molecule has 0 aromatic heterocycles. The highest BCUT2D eigenvalue weighted by molar-refractivity contribution is 5.78. The summed E-state index contributed by atoms with van der Waals surface area (Å²) in [5.41, 5.74) is 2.30. The molecule has 1 aromatic carbocycles. The van der Waals surface area contributed by atoms with Crippen LogP contribution in [0.2, 0.25) is 0 Å². The summed E-state index contributed by atoms with van der Waals surface area (Å²) in [5, 5.41) is 15.9. The maximum Gasteiger partial charge on any atom is 0.220 e. The Morgan fingerprint density at radius 1 is 1.38 bits per heavy atom. The number of aryl methyl sites for hydroxylation is 2. The number of hydrogen-bond acceptors (Lipinski definition) is 4. The van der Waals surface area contributed by atoms with Gasteiger partial charge in [-0.1, -0.05) is 6.07 Å². The second kappa shape index (κ2) is 7.43. The molecular weight excluding hydrogens is 268 g/mol. The van der Waals surface area contributed by atoms with Crippen molar-refractivity contribution in [3.05, 3.63) is 29.3 Å². The van der Waals surface area contributed by atoms with Gasteiger partial charge in [-0.3, -0.25) is 4.79 Å². The number of aliphatic hydroxyl groups is 1. The molecule has 2 atom stereocenters. The van der Waals surface area contributed by atoms with Crippen LogP contribution in [-0.2, 0) is 4.79 Å². The number of ether oxygens (including phenoxy) is 1. The third-order valence-electron chi connectivity index (χ3n) is 3.49. The average molecular weight is 292 g/mol. The minimum absolute atomic E-state index is 0.112. The van der Waals surface area contributed by atoms with Crippen LogP contribution in [0.4, 0.5) is 0 Å². The van der Waals surface area contributed by atoms with Crippen LogP contribution >= 0.6 is 0 Å². The number of nitrogens with one attached hydrogen (secondary N) is 2. The predicted octanol–water partition coefficient (Wildman–Crippen LogP) is 0.911. The van der Waals surface area contributed by atoms with Gasteiger partial charge in [-0.25, -0.2) is 0 Å². The molecule has 1 aliphatic rings. The number of amides is 1. The van der Waals surface area contributed by atoms with Crippen molar-refractivity contribution in [3.8, 4) is 5.75 Å². The number of hydrogen-bond donors (Lipinski definition) is 3. The van der Waals surface area contributed by atoms with E-state index >= 15 is 0 Å². The fourth-order valence-corrected chi connectivity index (χ4v) is 2.52. The summed E-state index contributed by atoms with van der Waals surface area (Å²) in [5.74, 6) is 0.898. The fourth-order valence-electron chi connectivity index (χ4n) is 2.52. The molecule has 5 heteroatoms. The first-order valence-corrected chi connectivity index (χ1v) is 7.42. The second-order valence-electron chi connectivity index (χ2n) is 5.75. The molecule has 0 bridgehead atoms. The number of aliphatic hydroxyl groups excluding tert-OH is 1. The summed E-state index contributed by atoms with van der Waals surface area (Å²) in [6, 6.07) is 6.19. The Morgan fingerprint density at radius 2 is 2.10 bits per heavy atom. The highest BCUT2D eigenvalue weighted by Gasteiger charge is 2.20. The molecule has 2 rings (SSSR count). The van der Waals surface area contributed by atoms with Gasteiger partial charge in [0.15, 0.2) is 0 Å². The molecule has 1 amide bonds. The normalized spacial score (nSPS) is 19.4. The van der Waals surface area contributed by atoms with Crippen molar-refractivity contribution in [2.24, 2.45) is 0 Å². The van der Waals surface area contributed by atoms with E-state index in [0.29, 0.717) is 19.5 Å². The van der Waals surface area contributed by atoms with Crippen molar-refractivity contribution in [2.45, 2.75) is 38.8 Å². The Bertz CT molecular complexity index is 470. The molecule has 0 spiro atoms. The first-order chi connectivity index (χ1) is 10.0. The third kappa shape index (κ3) is 5.36. The molecule has 0 radical (unpaired) electrons. The van der Waals surface area contributed by atoms with E-state index in [2.05, 4.69) is 16.7 Å². The lowest BCUT2D eigenvalue weighted by molar-refractivity contribution is -0.119. The summed E-state index contributed by atoms with van der Waals surface area (Å²) < 4.78 is 5.61. The van der Waals surface area contributed by atoms with Gasteiger partial charge in [-0.2, -0.15) is 0 Å². The predicted molar refractivity (Wildman–Crippen MR) is 81.5 cm³/mol. The van der Waals surface area contributed by atoms with E-state index in [1.807, 2.05) is 26.0 Å². The van der Waals surface area contributed by atoms with Crippen LogP contribution in [0.3, 0.4) is 0 Å². The average Bonchev–Trinajstić information content (AvgIpc) is 2.81. The quantitative estimate of drug-likeness (QED) is 0.699. The topological polar surface area (TPSA) is 70.6 Å². The van der Waals surface area contributed by atoms with E-state index in [0.717, 1.165) is 23.3 Å². The number of carbonyl (C=O) groups is 1. The molecule has 1 aromatic rings. The fraction of sp³-hybridized carbons (Fsp3) is 0.562. The highest BCUT2D eigenvalue weighted by atomic mass is 16.5. The van der Waals surface area contributed by atoms with Gasteiger partial charge in [0.25, 0.3) is 0 Å². The zero-order valence-corrected chi connectivity index (χ0v) is 12.7. The Balaban J connectivity index is 1.65. The molecule has 1 fully saturated rings. The van der Waals surface area contributed by atoms with E-state index in [4.69, 9.17) is 4.74 Å². The van der Waals surface area contributed by atoms with E-state index in [-0.39, 0.29) is 18.6 Å². The van der Waals surface area contributed by atoms with Gasteiger partial charge in [0.1, 0.15) is 18.5 Å². The van der Waals surface area contributed by atoms with Crippen molar-refractivity contribution < 1.29 is 14.6 Å². The zero-order chi connectivity index (χ0) is 15.2. The summed E-state index contributed by atoms with van der Waals surface area (Å²) in [7, 11) is 0. The van der Waals surface area contributed by atoms with E-state index in [9.17, 15) is 9.90 Å². The lowest BCUT2D eigenvalue weighted by atomic mass is 10.1. The molecule has 5 nitrogen and oxygen atoms in total. The maximum absolute atomic E-state index is 11.1. The summed E-state index contributed by atoms with van der Waals surface area (Å²) in [6.45, 7) is 5.44. The summed E-state index contributed by atoms with van der Waals surface area (Å²) >= 11 is 0. The molecule has 116 valence electrons. The Kier molecular flexibility index (Phi) is 5.59. The monoisotopic (exact) mass is 292 g/mol. The second-order valence-corrected chi connectivity index (χ2v) is 5.75. The van der Waals surface area contributed by atoms with Gasteiger partial charge in [0, 0.05) is 25.6 Å². The third-order valence-corrected chi connectivity index (χ3v) is 3.49. The van der Waals surface area contributed by atoms with Crippen LogP contribution in [0.5, 0.6) is 5.75 Å². The first kappa shape index (κ1) is 15.8. The van der Waals surface area contributed by atoms with Crippen LogP contribution in [0.15, 0.2) is 18.2 Å². The van der Waals surface area contributed by atoms with Gasteiger partial charge in [-0.05, 0) is 43.5 Å². The molecule has 0 saturated carbocycles. The summed E-state index contributed by atoms with van der Waals surface area (Å²) in [4.78, 5) is 11.1. The zero-order valence-electron chi connectivity index (χ0n) is 12.7. The van der Waals surface area contributed by atoms with Crippen LogP contribution in [-0.4, -0.2) is 42.9 Å². The van der Waals surface area contributed by atoms with E-state index in [1.165, 1.54) is 0 Å². The van der Waals surface area contributed by atoms with Crippen molar-refractivity contribution in [2.75, 3.05) is 19.7 Å². The Morgan fingerprint density at radius 3 is 2.71 bits per heavy atom. The van der Waals surface area contributed by atoms with Crippen molar-refractivity contribution in [3.63, 3.8) is 0 Å². The molecule has 0 aliphatic carbocycles. The Labute approximate surface area is 125 Å². The minimum Gasteiger partial charge on any atom is -0.491 e. The molecular formula is C16H24N2O3. The smallest absolute Gasteiger partial charge is 0.220 e. The standard InChI is InChI=1S/C16H24N2O3/c1-11-5-12(2)7-15(6-11)21-10-14(19)9-17-8-13-3-4-16(20)18-13/h5-7,13-14,17,19H,3-4,8-10H2,1-2H3,(H,18,20). The van der Waals surface area contributed by atoms with Gasteiger partial charge in [0.2, 0.25) is 5.91 Å². The SMILES string of the molecule is Cc1cc(C)cc(OCC(O)CNCC2CCC(=O)N2)c1. The molecule has 1 saturated heterocycles. The van der Waals surface area contributed by atoms with Crippen molar-refractivity contribution in [1.29, 1.82) is 0 Å². The Hall–Kier alpha value is -1.59. The number of carbonyl (C=O) groups excluding carboxylic acids is 1. The van der Waals surface area contributed by atoms with Gasteiger partial charge < -0.3 is 20.5 Å². The maximum atomic E-state index is 11.1. The highest BCUT2D eigenvalue weighted by Crippen LogP contribution is 2.16. The number of benzene rings is 1. The van der Waals surface area contributed by atoms with Gasteiger partial charge in [0.05, 0.1) is 0 Å². The molecule has 3 N–H and O–H groups in total. The molecule has 1 aliphatic heterocycles. The largest absolute Gasteiger partial charge is 0.491 e. The summed E-state index contributed by atoms with van der Waals surface area (Å²) in [6.07, 6.45) is 0.897. The van der Waals surface area contributed by atoms with Gasteiger partial charge >= 0.3 is 0 Å². The molecule has 1 heterocycles. The van der Waals surface area contributed by atoms with Crippen LogP contribution in [0.1, 0.15) is 24.0 Å². The van der Waals surface area contributed by atoms with Crippen molar-refractivity contribution in [1.82, 2.24) is 10.6 Å². The van der Waals surface area contributed by atoms with Gasteiger partial charge in [-0.15, -0.1) is 0 Å². The van der Waals surface area contributed by atoms with E-state index < -0.39 is 6.10 Å². The van der Waals surface area contributed by atoms with E-state index in [1.54, 1.807) is 0 Å².